The number of nitrogens with one attached hydrogen (secondary N) is 2. The summed E-state index contributed by atoms with van der Waals surface area (Å²) in [5, 5.41) is 21.7. The van der Waals surface area contributed by atoms with Crippen LogP contribution in [-0.2, 0) is 6.54 Å². The average molecular weight is 529 g/mol. The Bertz CT molecular complexity index is 1470. The second kappa shape index (κ2) is 11.1. The normalized spacial score (nSPS) is 13.4. The molecule has 38 heavy (non-hydrogen) atoms. The molecular formula is C30H29ClN4O3. The number of aromatic hydroxyl groups is 1. The summed E-state index contributed by atoms with van der Waals surface area (Å²) in [6.45, 7) is 2.23. The fourth-order valence-corrected chi connectivity index (χ4v) is 5.03. The van der Waals surface area contributed by atoms with Crippen LogP contribution in [0.2, 0.25) is 5.02 Å². The maximum Gasteiger partial charge on any atom is 0.342 e. The van der Waals surface area contributed by atoms with Crippen molar-refractivity contribution in [3.63, 3.8) is 0 Å². The number of amides is 2. The number of carbonyl (C=O) groups is 2. The molecule has 1 heterocycles. The Balaban J connectivity index is 1.38. The summed E-state index contributed by atoms with van der Waals surface area (Å²) in [6, 6.07) is 21.1. The number of anilines is 1. The van der Waals surface area contributed by atoms with Crippen molar-refractivity contribution in [1.82, 2.24) is 15.1 Å². The predicted octanol–water partition coefficient (Wildman–Crippen LogP) is 6.89. The Hall–Kier alpha value is -4.10. The van der Waals surface area contributed by atoms with Gasteiger partial charge < -0.3 is 15.7 Å². The van der Waals surface area contributed by atoms with Gasteiger partial charge in [0, 0.05) is 40.4 Å². The topological polar surface area (TPSA) is 96.3 Å². The Morgan fingerprint density at radius 2 is 1.76 bits per heavy atom. The van der Waals surface area contributed by atoms with E-state index >= 15 is 0 Å². The van der Waals surface area contributed by atoms with Crippen LogP contribution in [0.1, 0.15) is 58.8 Å². The zero-order valence-electron chi connectivity index (χ0n) is 21.1. The van der Waals surface area contributed by atoms with Gasteiger partial charge in [-0.25, -0.2) is 4.79 Å². The number of carbonyl (C=O) groups excluding carboxylic acids is 2. The van der Waals surface area contributed by atoms with Crippen LogP contribution in [0, 0.1) is 6.92 Å². The minimum atomic E-state index is -0.348. The highest BCUT2D eigenvalue weighted by atomic mass is 35.5. The number of hydrogen-bond donors (Lipinski definition) is 3. The summed E-state index contributed by atoms with van der Waals surface area (Å²) in [4.78, 5) is 25.8. The number of benzene rings is 3. The summed E-state index contributed by atoms with van der Waals surface area (Å²) in [5.74, 6) is -0.0801. The minimum absolute atomic E-state index is 0.0363. The zero-order valence-corrected chi connectivity index (χ0v) is 21.8. The molecule has 0 radical (unpaired) electrons. The molecule has 4 aromatic rings. The maximum absolute atomic E-state index is 13.2. The first-order chi connectivity index (χ1) is 18.4. The van der Waals surface area contributed by atoms with Gasteiger partial charge in [-0.3, -0.25) is 4.79 Å². The molecule has 2 amide bonds. The van der Waals surface area contributed by atoms with Crippen molar-refractivity contribution in [1.29, 1.82) is 0 Å². The Kier molecular flexibility index (Phi) is 7.47. The summed E-state index contributed by atoms with van der Waals surface area (Å²) in [7, 11) is 0. The molecule has 1 aliphatic rings. The van der Waals surface area contributed by atoms with Crippen molar-refractivity contribution in [3.8, 4) is 17.0 Å². The van der Waals surface area contributed by atoms with E-state index in [-0.39, 0.29) is 30.2 Å². The van der Waals surface area contributed by atoms with E-state index in [0.29, 0.717) is 27.5 Å². The van der Waals surface area contributed by atoms with Crippen LogP contribution in [0.25, 0.3) is 11.3 Å². The van der Waals surface area contributed by atoms with Gasteiger partial charge >= 0.3 is 6.03 Å². The monoisotopic (exact) mass is 528 g/mol. The van der Waals surface area contributed by atoms with Crippen LogP contribution in [0.5, 0.6) is 5.75 Å². The van der Waals surface area contributed by atoms with Crippen molar-refractivity contribution in [2.75, 3.05) is 5.32 Å². The van der Waals surface area contributed by atoms with Crippen molar-refractivity contribution in [3.05, 3.63) is 100 Å². The number of rotatable bonds is 6. The van der Waals surface area contributed by atoms with E-state index in [1.165, 1.54) is 10.7 Å². The van der Waals surface area contributed by atoms with Crippen LogP contribution in [-0.4, -0.2) is 26.8 Å². The van der Waals surface area contributed by atoms with Crippen LogP contribution < -0.4 is 10.6 Å². The summed E-state index contributed by atoms with van der Waals surface area (Å²) in [5.41, 5.74) is 4.68. The molecular weight excluding hydrogens is 500 g/mol. The number of phenols is 1. The first-order valence-electron chi connectivity index (χ1n) is 12.7. The lowest BCUT2D eigenvalue weighted by Crippen LogP contribution is -2.30. The van der Waals surface area contributed by atoms with E-state index < -0.39 is 0 Å². The lowest BCUT2D eigenvalue weighted by molar-refractivity contribution is 0.102. The largest absolute Gasteiger partial charge is 0.507 e. The molecule has 7 nitrogen and oxygen atoms in total. The number of hydrogen-bond acceptors (Lipinski definition) is 4. The molecule has 0 saturated heterocycles. The SMILES string of the molecule is Cc1ccc(C(=O)Nc2ccc(-c3cc(C4CCCC4)n(C(=O)NCc4ccccc4Cl)n3)c(O)c2)cc1. The van der Waals surface area contributed by atoms with Crippen molar-refractivity contribution >= 4 is 29.2 Å². The van der Waals surface area contributed by atoms with E-state index in [4.69, 9.17) is 11.6 Å². The highest BCUT2D eigenvalue weighted by Gasteiger charge is 2.26. The highest BCUT2D eigenvalue weighted by molar-refractivity contribution is 6.31. The molecule has 0 spiro atoms. The van der Waals surface area contributed by atoms with E-state index in [2.05, 4.69) is 15.7 Å². The molecule has 5 rings (SSSR count). The van der Waals surface area contributed by atoms with Gasteiger partial charge in [-0.1, -0.05) is 60.3 Å². The van der Waals surface area contributed by atoms with Crippen LogP contribution in [0.15, 0.2) is 72.8 Å². The molecule has 3 N–H and O–H groups in total. The van der Waals surface area contributed by atoms with Gasteiger partial charge in [0.1, 0.15) is 5.75 Å². The number of aryl methyl sites for hydroxylation is 1. The Morgan fingerprint density at radius 1 is 1.03 bits per heavy atom. The second-order valence-electron chi connectivity index (χ2n) is 9.65. The van der Waals surface area contributed by atoms with Crippen molar-refractivity contribution in [2.24, 2.45) is 0 Å². The standard InChI is InChI=1S/C30H29ClN4O3/c1-19-10-12-21(13-11-19)29(37)33-23-14-15-24(28(36)16-23)26-17-27(20-6-2-3-7-20)35(34-26)30(38)32-18-22-8-4-5-9-25(22)31/h4-5,8-17,20,36H,2-3,6-7,18H2,1H3,(H,32,38)(H,33,37). The molecule has 0 aliphatic heterocycles. The number of phenolic OH excluding ortho intramolecular Hbond substituents is 1. The summed E-state index contributed by atoms with van der Waals surface area (Å²) in [6.07, 6.45) is 4.18. The quantitative estimate of drug-likeness (QED) is 0.254. The molecule has 1 fully saturated rings. The van der Waals surface area contributed by atoms with Crippen molar-refractivity contribution < 1.29 is 14.7 Å². The van der Waals surface area contributed by atoms with Crippen LogP contribution >= 0.6 is 11.6 Å². The number of aromatic nitrogens is 2. The first kappa shape index (κ1) is 25.5. The van der Waals surface area contributed by atoms with Gasteiger partial charge in [0.15, 0.2) is 0 Å². The lowest BCUT2D eigenvalue weighted by Gasteiger charge is -2.12. The zero-order chi connectivity index (χ0) is 26.6. The molecule has 194 valence electrons. The van der Waals surface area contributed by atoms with E-state index in [0.717, 1.165) is 42.5 Å². The molecule has 8 heteroatoms. The van der Waals surface area contributed by atoms with Crippen LogP contribution in [0.3, 0.4) is 0 Å². The molecule has 1 aliphatic carbocycles. The smallest absolute Gasteiger partial charge is 0.342 e. The highest BCUT2D eigenvalue weighted by Crippen LogP contribution is 2.38. The van der Waals surface area contributed by atoms with Crippen LogP contribution in [0.4, 0.5) is 10.5 Å². The maximum atomic E-state index is 13.2. The molecule has 1 saturated carbocycles. The third kappa shape index (κ3) is 5.58. The van der Waals surface area contributed by atoms with Gasteiger partial charge in [-0.05, 0) is 61.7 Å². The van der Waals surface area contributed by atoms with E-state index in [9.17, 15) is 14.7 Å². The number of nitrogens with zero attached hydrogens (tertiary/aromatic N) is 2. The fourth-order valence-electron chi connectivity index (χ4n) is 4.82. The molecule has 3 aromatic carbocycles. The van der Waals surface area contributed by atoms with E-state index in [1.54, 1.807) is 30.3 Å². The van der Waals surface area contributed by atoms with E-state index in [1.807, 2.05) is 43.3 Å². The van der Waals surface area contributed by atoms with Gasteiger partial charge in [-0.15, -0.1) is 0 Å². The second-order valence-corrected chi connectivity index (χ2v) is 10.1. The van der Waals surface area contributed by atoms with Gasteiger partial charge in [-0.2, -0.15) is 9.78 Å². The Morgan fingerprint density at radius 3 is 2.47 bits per heavy atom. The fraction of sp³-hybridized carbons (Fsp3) is 0.233. The Labute approximate surface area is 226 Å². The summed E-state index contributed by atoms with van der Waals surface area (Å²) >= 11 is 6.25. The minimum Gasteiger partial charge on any atom is -0.507 e. The van der Waals surface area contributed by atoms with Gasteiger partial charge in [0.25, 0.3) is 5.91 Å². The third-order valence-corrected chi connectivity index (χ3v) is 7.30. The van der Waals surface area contributed by atoms with Gasteiger partial charge in [0.05, 0.1) is 11.4 Å². The average Bonchev–Trinajstić information content (AvgIpc) is 3.59. The molecule has 0 unspecified atom stereocenters. The first-order valence-corrected chi connectivity index (χ1v) is 13.1. The number of halogens is 1. The van der Waals surface area contributed by atoms with Crippen molar-refractivity contribution in [2.45, 2.75) is 45.1 Å². The third-order valence-electron chi connectivity index (χ3n) is 6.94. The lowest BCUT2D eigenvalue weighted by atomic mass is 10.0. The summed E-state index contributed by atoms with van der Waals surface area (Å²) < 4.78 is 1.41. The molecule has 0 atom stereocenters. The molecule has 0 bridgehead atoms. The predicted molar refractivity (Wildman–Crippen MR) is 149 cm³/mol. The van der Waals surface area contributed by atoms with Gasteiger partial charge in [0.2, 0.25) is 0 Å². The molecule has 1 aromatic heterocycles.